The fourth-order valence-corrected chi connectivity index (χ4v) is 2.65. The van der Waals surface area contributed by atoms with Crippen molar-refractivity contribution in [2.24, 2.45) is 5.92 Å². The number of hydrogen-bond donors (Lipinski definition) is 2. The van der Waals surface area contributed by atoms with Gasteiger partial charge in [-0.15, -0.1) is 0 Å². The Morgan fingerprint density at radius 1 is 1.18 bits per heavy atom. The van der Waals surface area contributed by atoms with Gasteiger partial charge in [-0.25, -0.2) is 0 Å². The van der Waals surface area contributed by atoms with Gasteiger partial charge < -0.3 is 15.1 Å². The Bertz CT molecular complexity index is 645. The zero-order chi connectivity index (χ0) is 15.5. The summed E-state index contributed by atoms with van der Waals surface area (Å²) in [4.78, 5) is 11.0. The lowest BCUT2D eigenvalue weighted by atomic mass is 10.2. The largest absolute Gasteiger partial charge is 0.464 e. The first kappa shape index (κ1) is 14.9. The highest BCUT2D eigenvalue weighted by Crippen LogP contribution is 2.47. The monoisotopic (exact) mass is 298 g/mol. The van der Waals surface area contributed by atoms with E-state index in [1.807, 2.05) is 24.3 Å². The van der Waals surface area contributed by atoms with Crippen LogP contribution in [0.4, 0.5) is 5.69 Å². The number of hydrogen-bond acceptors (Lipinski definition) is 3. The minimum absolute atomic E-state index is 0.0514. The molecular formula is C18H22N2O2. The topological polar surface area (TPSA) is 54.3 Å². The van der Waals surface area contributed by atoms with Crippen molar-refractivity contribution < 1.29 is 9.21 Å². The molecule has 2 N–H and O–H groups in total. The molecule has 3 rings (SSSR count). The summed E-state index contributed by atoms with van der Waals surface area (Å²) in [7, 11) is 0. The molecule has 1 saturated carbocycles. The van der Waals surface area contributed by atoms with Crippen LogP contribution in [0.3, 0.4) is 0 Å². The fourth-order valence-electron chi connectivity index (χ4n) is 2.65. The Morgan fingerprint density at radius 3 is 2.55 bits per heavy atom. The SMILES string of the molecule is CC(=O)Nc1ccc(CNCc2ccc([C@H]3C[C@@H]3C)o2)cc1. The summed E-state index contributed by atoms with van der Waals surface area (Å²) in [6.07, 6.45) is 1.25. The molecule has 2 atom stereocenters. The van der Waals surface area contributed by atoms with Crippen molar-refractivity contribution in [3.63, 3.8) is 0 Å². The number of carbonyl (C=O) groups is 1. The Morgan fingerprint density at radius 2 is 1.91 bits per heavy atom. The Labute approximate surface area is 130 Å². The minimum Gasteiger partial charge on any atom is -0.464 e. The van der Waals surface area contributed by atoms with E-state index < -0.39 is 0 Å². The van der Waals surface area contributed by atoms with E-state index in [9.17, 15) is 4.79 Å². The third kappa shape index (κ3) is 3.77. The van der Waals surface area contributed by atoms with Crippen LogP contribution in [-0.4, -0.2) is 5.91 Å². The first-order valence-electron chi connectivity index (χ1n) is 7.77. The number of anilines is 1. The molecule has 0 radical (unpaired) electrons. The van der Waals surface area contributed by atoms with Crippen LogP contribution < -0.4 is 10.6 Å². The molecule has 1 aliphatic carbocycles. The summed E-state index contributed by atoms with van der Waals surface area (Å²) < 4.78 is 5.87. The van der Waals surface area contributed by atoms with Crippen molar-refractivity contribution in [3.05, 3.63) is 53.5 Å². The number of carbonyl (C=O) groups excluding carboxylic acids is 1. The standard InChI is InChI=1S/C18H22N2O2/c1-12-9-17(12)18-8-7-16(22-18)11-19-10-14-3-5-15(6-4-14)20-13(2)21/h3-8,12,17,19H,9-11H2,1-2H3,(H,20,21)/t12-,17-/m0/s1. The lowest BCUT2D eigenvalue weighted by Gasteiger charge is -2.05. The van der Waals surface area contributed by atoms with E-state index >= 15 is 0 Å². The van der Waals surface area contributed by atoms with Crippen LogP contribution in [0.2, 0.25) is 0 Å². The van der Waals surface area contributed by atoms with Crippen molar-refractivity contribution in [1.29, 1.82) is 0 Å². The summed E-state index contributed by atoms with van der Waals surface area (Å²) in [5.41, 5.74) is 2.00. The number of benzene rings is 1. The minimum atomic E-state index is -0.0514. The summed E-state index contributed by atoms with van der Waals surface area (Å²) in [5, 5.41) is 6.14. The smallest absolute Gasteiger partial charge is 0.221 e. The predicted molar refractivity (Wildman–Crippen MR) is 86.5 cm³/mol. The van der Waals surface area contributed by atoms with Gasteiger partial charge in [0.2, 0.25) is 5.91 Å². The molecule has 0 bridgehead atoms. The Hall–Kier alpha value is -2.07. The van der Waals surface area contributed by atoms with E-state index in [0.29, 0.717) is 5.92 Å². The molecule has 2 aromatic rings. The predicted octanol–water partition coefficient (Wildman–Crippen LogP) is 3.65. The zero-order valence-electron chi connectivity index (χ0n) is 13.1. The maximum atomic E-state index is 11.0. The quantitative estimate of drug-likeness (QED) is 0.856. The molecule has 0 saturated heterocycles. The highest BCUT2D eigenvalue weighted by atomic mass is 16.3. The molecule has 1 fully saturated rings. The molecule has 4 nitrogen and oxygen atoms in total. The molecule has 4 heteroatoms. The second-order valence-corrected chi connectivity index (χ2v) is 6.11. The highest BCUT2D eigenvalue weighted by Gasteiger charge is 2.36. The molecule has 1 aromatic heterocycles. The Balaban J connectivity index is 1.46. The van der Waals surface area contributed by atoms with Crippen LogP contribution >= 0.6 is 0 Å². The number of nitrogens with one attached hydrogen (secondary N) is 2. The van der Waals surface area contributed by atoms with Crippen molar-refractivity contribution in [3.8, 4) is 0 Å². The second kappa shape index (κ2) is 6.36. The normalized spacial score (nSPS) is 19.9. The van der Waals surface area contributed by atoms with Crippen LogP contribution in [-0.2, 0) is 17.9 Å². The average molecular weight is 298 g/mol. The van der Waals surface area contributed by atoms with E-state index in [1.54, 1.807) is 0 Å². The molecular weight excluding hydrogens is 276 g/mol. The molecule has 1 aliphatic rings. The van der Waals surface area contributed by atoms with Gasteiger partial charge in [0.15, 0.2) is 0 Å². The molecule has 1 heterocycles. The van der Waals surface area contributed by atoms with Crippen molar-refractivity contribution in [2.75, 3.05) is 5.32 Å². The maximum absolute atomic E-state index is 11.0. The van der Waals surface area contributed by atoms with Gasteiger partial charge in [0, 0.05) is 25.1 Å². The maximum Gasteiger partial charge on any atom is 0.221 e. The zero-order valence-corrected chi connectivity index (χ0v) is 13.1. The summed E-state index contributed by atoms with van der Waals surface area (Å²) >= 11 is 0. The molecule has 0 aliphatic heterocycles. The summed E-state index contributed by atoms with van der Waals surface area (Å²) in [6.45, 7) is 5.27. The van der Waals surface area contributed by atoms with Crippen molar-refractivity contribution in [1.82, 2.24) is 5.32 Å². The molecule has 1 amide bonds. The van der Waals surface area contributed by atoms with E-state index in [1.165, 1.54) is 18.9 Å². The van der Waals surface area contributed by atoms with Crippen molar-refractivity contribution in [2.45, 2.75) is 39.3 Å². The third-order valence-corrected chi connectivity index (χ3v) is 4.06. The molecule has 116 valence electrons. The van der Waals surface area contributed by atoms with Gasteiger partial charge >= 0.3 is 0 Å². The van der Waals surface area contributed by atoms with Gasteiger partial charge in [-0.3, -0.25) is 4.79 Å². The lowest BCUT2D eigenvalue weighted by Crippen LogP contribution is -2.12. The number of rotatable bonds is 6. The third-order valence-electron chi connectivity index (χ3n) is 4.06. The van der Waals surface area contributed by atoms with Crippen molar-refractivity contribution >= 4 is 11.6 Å². The van der Waals surface area contributed by atoms with E-state index in [0.717, 1.165) is 36.2 Å². The summed E-state index contributed by atoms with van der Waals surface area (Å²) in [5.74, 6) is 3.47. The second-order valence-electron chi connectivity index (χ2n) is 6.11. The average Bonchev–Trinajstić information content (AvgIpc) is 3.03. The summed E-state index contributed by atoms with van der Waals surface area (Å²) in [6, 6.07) is 12.0. The van der Waals surface area contributed by atoms with Gasteiger partial charge in [-0.2, -0.15) is 0 Å². The van der Waals surface area contributed by atoms with Gasteiger partial charge in [-0.1, -0.05) is 19.1 Å². The fraction of sp³-hybridized carbons (Fsp3) is 0.389. The Kier molecular flexibility index (Phi) is 4.29. The molecule has 0 unspecified atom stereocenters. The van der Waals surface area contributed by atoms with Crippen LogP contribution in [0.5, 0.6) is 0 Å². The number of amides is 1. The number of furan rings is 1. The molecule has 1 aromatic carbocycles. The van der Waals surface area contributed by atoms with E-state index in [2.05, 4.69) is 29.7 Å². The van der Waals surface area contributed by atoms with Crippen LogP contribution in [0, 0.1) is 5.92 Å². The van der Waals surface area contributed by atoms with Crippen LogP contribution in [0.15, 0.2) is 40.8 Å². The van der Waals surface area contributed by atoms with Crippen LogP contribution in [0.25, 0.3) is 0 Å². The molecule has 22 heavy (non-hydrogen) atoms. The van der Waals surface area contributed by atoms with Gasteiger partial charge in [0.05, 0.1) is 6.54 Å². The van der Waals surface area contributed by atoms with Gasteiger partial charge in [0.25, 0.3) is 0 Å². The first-order valence-corrected chi connectivity index (χ1v) is 7.77. The van der Waals surface area contributed by atoms with E-state index in [4.69, 9.17) is 4.42 Å². The first-order chi connectivity index (χ1) is 10.6. The lowest BCUT2D eigenvalue weighted by molar-refractivity contribution is -0.114. The highest BCUT2D eigenvalue weighted by molar-refractivity contribution is 5.88. The van der Waals surface area contributed by atoms with Gasteiger partial charge in [-0.05, 0) is 42.2 Å². The van der Waals surface area contributed by atoms with E-state index in [-0.39, 0.29) is 5.91 Å². The van der Waals surface area contributed by atoms with Crippen LogP contribution in [0.1, 0.15) is 43.3 Å². The van der Waals surface area contributed by atoms with Gasteiger partial charge in [0.1, 0.15) is 11.5 Å². The molecule has 0 spiro atoms.